The van der Waals surface area contributed by atoms with Crippen molar-refractivity contribution in [3.05, 3.63) is 22.3 Å². The van der Waals surface area contributed by atoms with Gasteiger partial charge < -0.3 is 31.5 Å². The zero-order valence-electron chi connectivity index (χ0n) is 7.86. The van der Waals surface area contributed by atoms with E-state index in [0.717, 1.165) is 0 Å². The van der Waals surface area contributed by atoms with Gasteiger partial charge in [0, 0.05) is 7.11 Å². The Hall–Kier alpha value is 1.02. The number of hydrogen-bond donors (Lipinski definition) is 1. The van der Waals surface area contributed by atoms with Gasteiger partial charge in [0.2, 0.25) is 0 Å². The Kier molecular flexibility index (Phi) is 38.7. The van der Waals surface area contributed by atoms with E-state index in [2.05, 4.69) is 4.43 Å². The van der Waals surface area contributed by atoms with Crippen molar-refractivity contribution in [1.29, 1.82) is 0 Å². The van der Waals surface area contributed by atoms with Crippen molar-refractivity contribution < 1.29 is 35.4 Å². The average molecular weight is 243 g/mol. The first-order valence-corrected chi connectivity index (χ1v) is 4.69. The molecule has 0 spiro atoms. The standard InChI is InChI=1S/C3H10O2Si.3CH3.Zr/c1-5-6(2,3)4;;;;/h4H,1-3H3;3*1H3;/q;3*-1;+3. The summed E-state index contributed by atoms with van der Waals surface area (Å²) >= 11 is 0. The fourth-order valence-electron chi connectivity index (χ4n) is 0. The third-order valence-electron chi connectivity index (χ3n) is 0.500. The monoisotopic (exact) mass is 241 g/mol. The quantitative estimate of drug-likeness (QED) is 0.560. The van der Waals surface area contributed by atoms with Crippen molar-refractivity contribution in [1.82, 2.24) is 0 Å². The van der Waals surface area contributed by atoms with Crippen LogP contribution in [-0.2, 0) is 30.6 Å². The molecule has 1 N–H and O–H groups in total. The SMILES string of the molecule is CO[Si](C)(C)O.[CH3-].[CH3-].[CH3-].[Zr+3]. The molecule has 0 aliphatic heterocycles. The van der Waals surface area contributed by atoms with Gasteiger partial charge in [-0.25, -0.2) is 0 Å². The van der Waals surface area contributed by atoms with Crippen LogP contribution in [0.2, 0.25) is 13.1 Å². The number of rotatable bonds is 1. The van der Waals surface area contributed by atoms with Gasteiger partial charge in [-0.05, 0) is 13.1 Å². The molecule has 0 bridgehead atoms. The zero-order chi connectivity index (χ0) is 5.21. The molecule has 63 valence electrons. The van der Waals surface area contributed by atoms with Crippen molar-refractivity contribution in [3.8, 4) is 0 Å². The molecule has 0 amide bonds. The molecule has 0 saturated heterocycles. The maximum Gasteiger partial charge on any atom is 3.00 e. The molecular weight excluding hydrogens is 223 g/mol. The summed E-state index contributed by atoms with van der Waals surface area (Å²) in [5.74, 6) is 0. The van der Waals surface area contributed by atoms with Gasteiger partial charge in [0.25, 0.3) is 0 Å². The Morgan fingerprint density at radius 2 is 1.20 bits per heavy atom. The summed E-state index contributed by atoms with van der Waals surface area (Å²) in [6, 6.07) is 0. The first kappa shape index (κ1) is 30.5. The summed E-state index contributed by atoms with van der Waals surface area (Å²) in [6.45, 7) is 3.43. The third kappa shape index (κ3) is 35.9. The summed E-state index contributed by atoms with van der Waals surface area (Å²) < 4.78 is 4.63. The third-order valence-corrected chi connectivity index (χ3v) is 1.50. The molecule has 2 nitrogen and oxygen atoms in total. The molecule has 0 aromatic carbocycles. The molecule has 0 saturated carbocycles. The first-order chi connectivity index (χ1) is 2.56. The normalized spacial score (nSPS) is 7.20. The van der Waals surface area contributed by atoms with Gasteiger partial charge in [-0.2, -0.15) is 0 Å². The Bertz CT molecular complexity index is 45.5. The summed E-state index contributed by atoms with van der Waals surface area (Å²) in [6.07, 6.45) is 0. The molecule has 0 atom stereocenters. The Morgan fingerprint density at radius 1 is 1.10 bits per heavy atom. The maximum absolute atomic E-state index is 8.74. The van der Waals surface area contributed by atoms with Crippen molar-refractivity contribution in [2.75, 3.05) is 7.11 Å². The molecule has 0 aliphatic rings. The summed E-state index contributed by atoms with van der Waals surface area (Å²) in [7, 11) is -0.611. The minimum Gasteiger partial charge on any atom is -0.411 e. The zero-order valence-corrected chi connectivity index (χ0v) is 11.3. The van der Waals surface area contributed by atoms with Crippen molar-refractivity contribution >= 4 is 8.56 Å². The Balaban J connectivity index is -0.0000000208. The molecule has 0 aliphatic carbocycles. The predicted molar refractivity (Wildman–Crippen MR) is 46.0 cm³/mol. The van der Waals surface area contributed by atoms with Crippen molar-refractivity contribution in [3.63, 3.8) is 0 Å². The van der Waals surface area contributed by atoms with E-state index in [1.54, 1.807) is 13.1 Å². The second-order valence-electron chi connectivity index (χ2n) is 1.65. The minimum atomic E-state index is -2.13. The predicted octanol–water partition coefficient (Wildman–Crippen LogP) is 1.68. The Morgan fingerprint density at radius 3 is 1.20 bits per heavy atom. The molecule has 0 fully saturated rings. The van der Waals surface area contributed by atoms with E-state index in [9.17, 15) is 0 Å². The van der Waals surface area contributed by atoms with Crippen LogP contribution < -0.4 is 0 Å². The molecule has 0 heterocycles. The van der Waals surface area contributed by atoms with Gasteiger partial charge in [0.15, 0.2) is 0 Å². The second kappa shape index (κ2) is 12.7. The van der Waals surface area contributed by atoms with E-state index in [4.69, 9.17) is 4.80 Å². The van der Waals surface area contributed by atoms with Crippen molar-refractivity contribution in [2.24, 2.45) is 0 Å². The number of hydrogen-bond acceptors (Lipinski definition) is 2. The summed E-state index contributed by atoms with van der Waals surface area (Å²) in [5.41, 5.74) is 0. The van der Waals surface area contributed by atoms with E-state index < -0.39 is 8.56 Å². The van der Waals surface area contributed by atoms with Crippen LogP contribution in [0.15, 0.2) is 0 Å². The van der Waals surface area contributed by atoms with Crippen LogP contribution in [0.5, 0.6) is 0 Å². The van der Waals surface area contributed by atoms with Gasteiger partial charge in [0.05, 0.1) is 0 Å². The molecule has 0 unspecified atom stereocenters. The van der Waals surface area contributed by atoms with Gasteiger partial charge in [-0.1, -0.05) is 0 Å². The summed E-state index contributed by atoms with van der Waals surface area (Å²) in [5, 5.41) is 0. The van der Waals surface area contributed by atoms with Crippen molar-refractivity contribution in [2.45, 2.75) is 13.1 Å². The van der Waals surface area contributed by atoms with Crippen LogP contribution in [-0.4, -0.2) is 20.5 Å². The largest absolute Gasteiger partial charge is 3.00 e. The van der Waals surface area contributed by atoms with E-state index >= 15 is 0 Å². The van der Waals surface area contributed by atoms with E-state index in [-0.39, 0.29) is 48.5 Å². The second-order valence-corrected chi connectivity index (χ2v) is 4.95. The van der Waals surface area contributed by atoms with Gasteiger partial charge >= 0.3 is 34.8 Å². The molecule has 10 heavy (non-hydrogen) atoms. The Labute approximate surface area is 86.4 Å². The molecule has 0 aromatic heterocycles. The van der Waals surface area contributed by atoms with E-state index in [1.165, 1.54) is 7.11 Å². The summed E-state index contributed by atoms with van der Waals surface area (Å²) in [4.78, 5) is 8.74. The van der Waals surface area contributed by atoms with Gasteiger partial charge in [-0.3, -0.25) is 0 Å². The first-order valence-electron chi connectivity index (χ1n) is 1.84. The van der Waals surface area contributed by atoms with Crippen LogP contribution in [0.25, 0.3) is 0 Å². The van der Waals surface area contributed by atoms with Crippen LogP contribution in [0.4, 0.5) is 0 Å². The van der Waals surface area contributed by atoms with E-state index in [0.29, 0.717) is 0 Å². The van der Waals surface area contributed by atoms with Crippen LogP contribution in [0.3, 0.4) is 0 Å². The van der Waals surface area contributed by atoms with E-state index in [1.807, 2.05) is 0 Å². The van der Waals surface area contributed by atoms with Crippen LogP contribution in [0.1, 0.15) is 0 Å². The molecule has 0 aromatic rings. The molecule has 4 heteroatoms. The fourth-order valence-corrected chi connectivity index (χ4v) is 0. The average Bonchev–Trinajstić information content (AvgIpc) is 1.35. The van der Waals surface area contributed by atoms with Crippen LogP contribution >= 0.6 is 0 Å². The molecular formula is C6H19O2SiZr. The topological polar surface area (TPSA) is 29.5 Å². The molecule has 0 rings (SSSR count). The van der Waals surface area contributed by atoms with Gasteiger partial charge in [0.1, 0.15) is 0 Å². The van der Waals surface area contributed by atoms with Crippen LogP contribution in [0, 0.1) is 22.3 Å². The fraction of sp³-hybridized carbons (Fsp3) is 0.500. The minimum absolute atomic E-state index is 0. The smallest absolute Gasteiger partial charge is 0.411 e. The maximum atomic E-state index is 8.74. The van der Waals surface area contributed by atoms with Gasteiger partial charge in [-0.15, -0.1) is 0 Å². The molecule has 1 radical (unpaired) electrons.